The van der Waals surface area contributed by atoms with Crippen LogP contribution in [-0.2, 0) is 30.7 Å². The average Bonchev–Trinajstić information content (AvgIpc) is 3.28. The van der Waals surface area contributed by atoms with Crippen LogP contribution in [0, 0.1) is 5.92 Å². The average molecular weight is 388 g/mol. The zero-order valence-electron chi connectivity index (χ0n) is 16.6. The third kappa shape index (κ3) is 4.19. The standard InChI is InChI=1S/C19H28N6O3/c1-3-8-20-19(26)24(2)9-6-16-21-18(28-23-16)17-14-12-27-10-7-15(14)25(22-17)11-13-4-5-13/h13H,3-12H2,1-2H3,(H,20,26). The van der Waals surface area contributed by atoms with E-state index in [0.717, 1.165) is 43.2 Å². The number of nitrogens with zero attached hydrogens (tertiary/aromatic N) is 5. The number of fused-ring (bicyclic) bond motifs is 1. The van der Waals surface area contributed by atoms with Gasteiger partial charge in [0.1, 0.15) is 0 Å². The summed E-state index contributed by atoms with van der Waals surface area (Å²) in [5.41, 5.74) is 3.04. The lowest BCUT2D eigenvalue weighted by Gasteiger charge is -2.16. The van der Waals surface area contributed by atoms with Crippen molar-refractivity contribution in [3.05, 3.63) is 17.1 Å². The van der Waals surface area contributed by atoms with Gasteiger partial charge in [-0.15, -0.1) is 0 Å². The van der Waals surface area contributed by atoms with Gasteiger partial charge in [0, 0.05) is 50.8 Å². The van der Waals surface area contributed by atoms with Crippen LogP contribution in [0.3, 0.4) is 0 Å². The first-order chi connectivity index (χ1) is 13.7. The minimum absolute atomic E-state index is 0.0874. The summed E-state index contributed by atoms with van der Waals surface area (Å²) in [4.78, 5) is 18.1. The summed E-state index contributed by atoms with van der Waals surface area (Å²) in [6.45, 7) is 5.44. The van der Waals surface area contributed by atoms with Crippen LogP contribution < -0.4 is 5.32 Å². The highest BCUT2D eigenvalue weighted by molar-refractivity contribution is 5.73. The van der Waals surface area contributed by atoms with E-state index in [0.29, 0.717) is 37.8 Å². The lowest BCUT2D eigenvalue weighted by atomic mass is 10.1. The third-order valence-electron chi connectivity index (χ3n) is 5.24. The lowest BCUT2D eigenvalue weighted by Crippen LogP contribution is -2.38. The van der Waals surface area contributed by atoms with Crippen LogP contribution in [0.15, 0.2) is 4.52 Å². The van der Waals surface area contributed by atoms with Gasteiger partial charge in [0.05, 0.1) is 13.2 Å². The van der Waals surface area contributed by atoms with Crippen molar-refractivity contribution in [2.24, 2.45) is 5.92 Å². The molecule has 1 fully saturated rings. The van der Waals surface area contributed by atoms with Gasteiger partial charge in [-0.2, -0.15) is 10.1 Å². The normalized spacial score (nSPS) is 16.1. The molecular weight excluding hydrogens is 360 g/mol. The van der Waals surface area contributed by atoms with E-state index in [1.807, 2.05) is 6.92 Å². The first kappa shape index (κ1) is 18.9. The van der Waals surface area contributed by atoms with E-state index >= 15 is 0 Å². The summed E-state index contributed by atoms with van der Waals surface area (Å²) in [5, 5.41) is 11.7. The number of urea groups is 1. The van der Waals surface area contributed by atoms with E-state index in [1.165, 1.54) is 18.5 Å². The van der Waals surface area contributed by atoms with Crippen LogP contribution in [0.5, 0.6) is 0 Å². The highest BCUT2D eigenvalue weighted by Gasteiger charge is 2.29. The smallest absolute Gasteiger partial charge is 0.317 e. The lowest BCUT2D eigenvalue weighted by molar-refractivity contribution is 0.109. The molecule has 3 heterocycles. The maximum atomic E-state index is 11.9. The van der Waals surface area contributed by atoms with Crippen LogP contribution in [0.25, 0.3) is 11.6 Å². The fourth-order valence-corrected chi connectivity index (χ4v) is 3.36. The molecule has 2 aromatic rings. The van der Waals surface area contributed by atoms with Gasteiger partial charge in [0.2, 0.25) is 0 Å². The van der Waals surface area contributed by atoms with Gasteiger partial charge in [-0.1, -0.05) is 12.1 Å². The predicted molar refractivity (Wildman–Crippen MR) is 102 cm³/mol. The molecular formula is C19H28N6O3. The van der Waals surface area contributed by atoms with Crippen LogP contribution in [0.1, 0.15) is 43.3 Å². The highest BCUT2D eigenvalue weighted by Crippen LogP contribution is 2.34. The molecule has 9 heteroatoms. The molecule has 28 heavy (non-hydrogen) atoms. The molecule has 4 rings (SSSR count). The molecule has 0 saturated heterocycles. The Morgan fingerprint density at radius 2 is 2.25 bits per heavy atom. The van der Waals surface area contributed by atoms with Crippen LogP contribution in [0.4, 0.5) is 4.79 Å². The second-order valence-corrected chi connectivity index (χ2v) is 7.62. The minimum Gasteiger partial charge on any atom is -0.376 e. The molecule has 1 aliphatic heterocycles. The Hall–Kier alpha value is -2.42. The number of hydrogen-bond acceptors (Lipinski definition) is 6. The first-order valence-corrected chi connectivity index (χ1v) is 10.1. The monoisotopic (exact) mass is 388 g/mol. The Balaban J connectivity index is 1.44. The molecule has 0 aromatic carbocycles. The van der Waals surface area contributed by atoms with E-state index in [1.54, 1.807) is 11.9 Å². The molecule has 0 bridgehead atoms. The van der Waals surface area contributed by atoms with Crippen LogP contribution in [-0.4, -0.2) is 57.6 Å². The number of ether oxygens (including phenoxy) is 1. The third-order valence-corrected chi connectivity index (χ3v) is 5.24. The van der Waals surface area contributed by atoms with Gasteiger partial charge in [-0.3, -0.25) is 4.68 Å². The number of nitrogens with one attached hydrogen (secondary N) is 1. The van der Waals surface area contributed by atoms with Crippen molar-refractivity contribution in [1.29, 1.82) is 0 Å². The van der Waals surface area contributed by atoms with Crippen molar-refractivity contribution < 1.29 is 14.1 Å². The Morgan fingerprint density at radius 1 is 1.39 bits per heavy atom. The molecule has 1 aliphatic carbocycles. The Labute approximate surface area is 164 Å². The number of rotatable bonds is 8. The van der Waals surface area contributed by atoms with Gasteiger partial charge >= 0.3 is 6.03 Å². The van der Waals surface area contributed by atoms with Gasteiger partial charge in [-0.25, -0.2) is 4.79 Å². The second-order valence-electron chi connectivity index (χ2n) is 7.62. The first-order valence-electron chi connectivity index (χ1n) is 10.1. The van der Waals surface area contributed by atoms with E-state index in [-0.39, 0.29) is 6.03 Å². The Morgan fingerprint density at radius 3 is 3.04 bits per heavy atom. The van der Waals surface area contributed by atoms with E-state index in [2.05, 4.69) is 20.1 Å². The molecule has 2 amide bonds. The molecule has 0 radical (unpaired) electrons. The zero-order chi connectivity index (χ0) is 19.5. The zero-order valence-corrected chi connectivity index (χ0v) is 16.6. The van der Waals surface area contributed by atoms with Crippen LogP contribution in [0.2, 0.25) is 0 Å². The van der Waals surface area contributed by atoms with Crippen molar-refractivity contribution in [1.82, 2.24) is 30.1 Å². The summed E-state index contributed by atoms with van der Waals surface area (Å²) in [7, 11) is 1.76. The summed E-state index contributed by atoms with van der Waals surface area (Å²) in [5.74, 6) is 1.75. The number of carbonyl (C=O) groups is 1. The van der Waals surface area contributed by atoms with E-state index < -0.39 is 0 Å². The molecule has 0 atom stereocenters. The van der Waals surface area contributed by atoms with E-state index in [4.69, 9.17) is 14.4 Å². The molecule has 0 unspecified atom stereocenters. The number of aromatic nitrogens is 4. The number of carbonyl (C=O) groups excluding carboxylic acids is 1. The van der Waals surface area contributed by atoms with Crippen molar-refractivity contribution in [3.8, 4) is 11.6 Å². The van der Waals surface area contributed by atoms with Crippen molar-refractivity contribution in [3.63, 3.8) is 0 Å². The number of hydrogen-bond donors (Lipinski definition) is 1. The molecule has 0 spiro atoms. The summed E-state index contributed by atoms with van der Waals surface area (Å²) in [6, 6.07) is -0.0874. The fourth-order valence-electron chi connectivity index (χ4n) is 3.36. The van der Waals surface area contributed by atoms with Gasteiger partial charge in [-0.05, 0) is 25.2 Å². The van der Waals surface area contributed by atoms with Crippen molar-refractivity contribution >= 4 is 6.03 Å². The SMILES string of the molecule is CCCNC(=O)N(C)CCc1noc(-c2nn(CC3CC3)c3c2COCC3)n1. The largest absolute Gasteiger partial charge is 0.376 e. The summed E-state index contributed by atoms with van der Waals surface area (Å²) >= 11 is 0. The maximum absolute atomic E-state index is 11.9. The number of amides is 2. The summed E-state index contributed by atoms with van der Waals surface area (Å²) < 4.78 is 13.3. The topological polar surface area (TPSA) is 98.3 Å². The minimum atomic E-state index is -0.0874. The number of likely N-dealkylation sites (N-methyl/N-ethyl adjacent to an activating group) is 1. The van der Waals surface area contributed by atoms with Gasteiger partial charge in [0.15, 0.2) is 11.5 Å². The Kier molecular flexibility index (Phi) is 5.61. The van der Waals surface area contributed by atoms with Gasteiger partial charge < -0.3 is 19.5 Å². The fraction of sp³-hybridized carbons (Fsp3) is 0.684. The Bertz CT molecular complexity index is 826. The van der Waals surface area contributed by atoms with Crippen molar-refractivity contribution in [2.75, 3.05) is 26.7 Å². The molecule has 2 aliphatic rings. The summed E-state index contributed by atoms with van der Waals surface area (Å²) in [6.07, 6.45) is 4.87. The predicted octanol–water partition coefficient (Wildman–Crippen LogP) is 2.01. The molecule has 2 aromatic heterocycles. The van der Waals surface area contributed by atoms with Crippen molar-refractivity contribution in [2.45, 2.75) is 52.2 Å². The highest BCUT2D eigenvalue weighted by atomic mass is 16.5. The molecule has 1 N–H and O–H groups in total. The molecule has 9 nitrogen and oxygen atoms in total. The van der Waals surface area contributed by atoms with Gasteiger partial charge in [0.25, 0.3) is 5.89 Å². The van der Waals surface area contributed by atoms with E-state index in [9.17, 15) is 4.79 Å². The second kappa shape index (κ2) is 8.30. The van der Waals surface area contributed by atoms with Crippen LogP contribution >= 0.6 is 0 Å². The molecule has 1 saturated carbocycles. The quantitative estimate of drug-likeness (QED) is 0.743. The molecule has 152 valence electrons. The maximum Gasteiger partial charge on any atom is 0.317 e.